The first kappa shape index (κ1) is 30.3. The summed E-state index contributed by atoms with van der Waals surface area (Å²) in [4.78, 5) is 34.7. The molecule has 0 aromatic rings. The highest BCUT2D eigenvalue weighted by atomic mass is 31.2. The number of rotatable bonds is 21. The molecule has 3 unspecified atom stereocenters. The van der Waals surface area contributed by atoms with Gasteiger partial charge in [-0.3, -0.25) is 13.9 Å². The van der Waals surface area contributed by atoms with Crippen LogP contribution >= 0.6 is 15.6 Å². The smallest absolute Gasteiger partial charge is 0.409 e. The molecule has 3 atom stereocenters. The van der Waals surface area contributed by atoms with Crippen molar-refractivity contribution in [2.45, 2.75) is 19.8 Å². The number of phosphoric ester groups is 2. The molecule has 0 saturated carbocycles. The van der Waals surface area contributed by atoms with Gasteiger partial charge in [-0.25, -0.2) is 14.0 Å². The Labute approximate surface area is 178 Å². The summed E-state index contributed by atoms with van der Waals surface area (Å²) in [6.45, 7) is 1.63. The lowest BCUT2D eigenvalue weighted by molar-refractivity contribution is -0.700. The van der Waals surface area contributed by atoms with Gasteiger partial charge >= 0.3 is 15.6 Å². The number of nitrogens with one attached hydrogen (secondary N) is 2. The van der Waals surface area contributed by atoms with Crippen LogP contribution in [0.5, 0.6) is 0 Å². The second-order valence-electron chi connectivity index (χ2n) is 6.03. The molecule has 0 bridgehead atoms. The van der Waals surface area contributed by atoms with Gasteiger partial charge in [-0.05, 0) is 43.3 Å². The molecule has 0 rings (SSSR count). The molecule has 0 aliphatic carbocycles. The number of hydrogen-bond acceptors (Lipinski definition) is 12. The predicted octanol–water partition coefficient (Wildman–Crippen LogP) is 1.17. The lowest BCUT2D eigenvalue weighted by Gasteiger charge is -2.19. The lowest BCUT2D eigenvalue weighted by Crippen LogP contribution is -2.23. The summed E-state index contributed by atoms with van der Waals surface area (Å²) in [6, 6.07) is 0. The van der Waals surface area contributed by atoms with Crippen molar-refractivity contribution in [2.24, 2.45) is 11.8 Å². The summed E-state index contributed by atoms with van der Waals surface area (Å²) in [5, 5.41) is 14.7. The monoisotopic (exact) mass is 502 g/mol. The zero-order chi connectivity index (χ0) is 23.6. The van der Waals surface area contributed by atoms with E-state index < -0.39 is 28.9 Å². The summed E-state index contributed by atoms with van der Waals surface area (Å²) >= 11 is 0. The molecule has 0 saturated heterocycles. The molecule has 0 radical (unpaired) electrons. The van der Waals surface area contributed by atoms with E-state index in [1.807, 2.05) is 14.0 Å². The van der Waals surface area contributed by atoms with E-state index in [2.05, 4.69) is 39.3 Å². The largest absolute Gasteiger partial charge is 0.526 e. The summed E-state index contributed by atoms with van der Waals surface area (Å²) in [5.41, 5.74) is 1.52. The predicted molar refractivity (Wildman–Crippen MR) is 99.2 cm³/mol. The second-order valence-corrected chi connectivity index (χ2v) is 8.68. The fourth-order valence-corrected chi connectivity index (χ4v) is 2.95. The van der Waals surface area contributed by atoms with Gasteiger partial charge in [-0.15, -0.1) is 4.48 Å². The summed E-state index contributed by atoms with van der Waals surface area (Å²) in [5.74, 6) is -0.0105. The van der Waals surface area contributed by atoms with Gasteiger partial charge in [0.2, 0.25) is 0 Å². The molecule has 0 aromatic heterocycles. The molecular formula is C13H29FN2O13P2. The van der Waals surface area contributed by atoms with E-state index in [4.69, 9.17) is 14.3 Å². The van der Waals surface area contributed by atoms with Crippen LogP contribution < -0.4 is 10.9 Å². The molecule has 0 fully saturated rings. The average Bonchev–Trinajstić information content (AvgIpc) is 2.67. The minimum Gasteiger partial charge on any atom is -0.409 e. The topological polar surface area (TPSA) is 193 Å². The maximum atomic E-state index is 12.4. The molecule has 0 spiro atoms. The van der Waals surface area contributed by atoms with Crippen molar-refractivity contribution >= 4 is 15.6 Å². The van der Waals surface area contributed by atoms with Gasteiger partial charge in [0.1, 0.15) is 12.9 Å². The van der Waals surface area contributed by atoms with Crippen molar-refractivity contribution in [3.05, 3.63) is 12.5 Å². The Balaban J connectivity index is 3.92. The van der Waals surface area contributed by atoms with E-state index in [1.165, 1.54) is 5.54 Å². The van der Waals surface area contributed by atoms with Crippen molar-refractivity contribution in [2.75, 3.05) is 40.0 Å². The van der Waals surface area contributed by atoms with Crippen LogP contribution in [0.4, 0.5) is 4.48 Å². The molecule has 0 amide bonds. The van der Waals surface area contributed by atoms with Crippen molar-refractivity contribution in [3.8, 4) is 0 Å². The zero-order valence-electron chi connectivity index (χ0n) is 17.0. The van der Waals surface area contributed by atoms with Gasteiger partial charge in [0.25, 0.3) is 0 Å². The van der Waals surface area contributed by atoms with Crippen LogP contribution in [0.2, 0.25) is 0 Å². The normalized spacial score (nSPS) is 16.2. The first-order chi connectivity index (χ1) is 14.6. The van der Waals surface area contributed by atoms with E-state index in [1.54, 1.807) is 0 Å². The van der Waals surface area contributed by atoms with E-state index >= 15 is 0 Å². The van der Waals surface area contributed by atoms with Crippen LogP contribution in [0.3, 0.4) is 0 Å². The Morgan fingerprint density at radius 1 is 1.00 bits per heavy atom. The van der Waals surface area contributed by atoms with Crippen LogP contribution in [-0.2, 0) is 47.6 Å². The Bertz CT molecular complexity index is 568. The molecule has 0 heterocycles. The van der Waals surface area contributed by atoms with Gasteiger partial charge in [-0.2, -0.15) is 5.54 Å². The molecule has 5 N–H and O–H groups in total. The Kier molecular flexibility index (Phi) is 17.4. The first-order valence-electron chi connectivity index (χ1n) is 8.86. The highest BCUT2D eigenvalue weighted by Crippen LogP contribution is 2.44. The molecule has 15 nitrogen and oxygen atoms in total. The van der Waals surface area contributed by atoms with Crippen molar-refractivity contribution in [1.82, 2.24) is 10.9 Å². The molecule has 0 aliphatic rings. The maximum absolute atomic E-state index is 12.4. The van der Waals surface area contributed by atoms with E-state index in [-0.39, 0.29) is 19.1 Å². The number of phosphoric acid groups is 2. The first-order valence-corrected chi connectivity index (χ1v) is 11.9. The minimum atomic E-state index is -4.61. The number of hydrogen-bond donors (Lipinski definition) is 5. The minimum absolute atomic E-state index is 0.0517. The maximum Gasteiger partial charge on any atom is 0.526 e. The summed E-state index contributed by atoms with van der Waals surface area (Å²) < 4.78 is 47.8. The molecule has 0 aliphatic heterocycles. The fourth-order valence-electron chi connectivity index (χ4n) is 1.97. The molecule has 0 aromatic carbocycles. The Morgan fingerprint density at radius 3 is 2.39 bits per heavy atom. The average molecular weight is 502 g/mol. The standard InChI is InChI=1S/C13H29FN2O13P2/c1-12(9-15-2)3-4-13(10-16-14)11-26-31(20,21)25-8-6-23-28-29-27-22-5-7-24-30(17,18)19/h6,8,12-13,15-16H,3-5,7,9-11H2,1-2H3,(H,20,21)(H2,17,18,19)/b8-6+. The van der Waals surface area contributed by atoms with E-state index in [9.17, 15) is 18.5 Å². The van der Waals surface area contributed by atoms with Gasteiger partial charge in [0.05, 0.1) is 13.2 Å². The summed E-state index contributed by atoms with van der Waals surface area (Å²) in [6.07, 6.45) is 2.60. The van der Waals surface area contributed by atoms with Crippen LogP contribution in [0.25, 0.3) is 0 Å². The van der Waals surface area contributed by atoms with E-state index in [0.717, 1.165) is 13.0 Å². The van der Waals surface area contributed by atoms with Crippen LogP contribution in [0.15, 0.2) is 12.5 Å². The third-order valence-electron chi connectivity index (χ3n) is 3.33. The zero-order valence-corrected chi connectivity index (χ0v) is 18.7. The fraction of sp³-hybridized carbons (Fsp3) is 0.846. The Hall–Kier alpha value is -0.710. The third-order valence-corrected chi connectivity index (χ3v) is 4.72. The second kappa shape index (κ2) is 17.8. The van der Waals surface area contributed by atoms with Crippen LogP contribution in [-0.4, -0.2) is 54.6 Å². The van der Waals surface area contributed by atoms with Crippen LogP contribution in [0, 0.1) is 11.8 Å². The van der Waals surface area contributed by atoms with Gasteiger partial charge < -0.3 is 24.5 Å². The van der Waals surface area contributed by atoms with Crippen molar-refractivity contribution in [3.63, 3.8) is 0 Å². The summed E-state index contributed by atoms with van der Waals surface area (Å²) in [7, 11) is -7.26. The third kappa shape index (κ3) is 20.9. The quantitative estimate of drug-likeness (QED) is 0.0375. The SMILES string of the molecule is CNCC(C)CCC(CNF)COP(=O)(O)O/C=C/OOOOOCCOP(=O)(O)O. The van der Waals surface area contributed by atoms with Crippen molar-refractivity contribution < 1.29 is 66.8 Å². The molecule has 18 heteroatoms. The van der Waals surface area contributed by atoms with Gasteiger partial charge in [0, 0.05) is 16.6 Å². The number of halogens is 1. The van der Waals surface area contributed by atoms with Crippen LogP contribution in [0.1, 0.15) is 19.8 Å². The highest BCUT2D eigenvalue weighted by Gasteiger charge is 2.23. The molecule has 186 valence electrons. The molecular weight excluding hydrogens is 473 g/mol. The Morgan fingerprint density at radius 2 is 1.74 bits per heavy atom. The highest BCUT2D eigenvalue weighted by molar-refractivity contribution is 7.47. The van der Waals surface area contributed by atoms with E-state index in [0.29, 0.717) is 24.9 Å². The van der Waals surface area contributed by atoms with Gasteiger partial charge in [-0.1, -0.05) is 6.92 Å². The van der Waals surface area contributed by atoms with Crippen molar-refractivity contribution in [1.29, 1.82) is 0 Å². The molecule has 31 heavy (non-hydrogen) atoms. The lowest BCUT2D eigenvalue weighted by atomic mass is 9.97. The van der Waals surface area contributed by atoms with Gasteiger partial charge in [0.15, 0.2) is 6.26 Å².